The highest BCUT2D eigenvalue weighted by atomic mass is 16.5. The number of nitrogens with one attached hydrogen (secondary N) is 2. The maximum absolute atomic E-state index is 12.8. The highest BCUT2D eigenvalue weighted by Crippen LogP contribution is 2.40. The van der Waals surface area contributed by atoms with Crippen LogP contribution in [0.3, 0.4) is 0 Å². The van der Waals surface area contributed by atoms with Crippen molar-refractivity contribution in [3.63, 3.8) is 0 Å². The van der Waals surface area contributed by atoms with Gasteiger partial charge in [-0.15, -0.1) is 0 Å². The number of carbonyl (C=O) groups excluding carboxylic acids is 2. The van der Waals surface area contributed by atoms with Crippen LogP contribution in [-0.2, 0) is 14.3 Å². The van der Waals surface area contributed by atoms with Crippen molar-refractivity contribution < 1.29 is 19.1 Å². The van der Waals surface area contributed by atoms with E-state index in [0.29, 0.717) is 23.8 Å². The molecule has 6 heteroatoms. The SMILES string of the molecule is CCCCCCCCCCCCCCCC1CCCC(OC)C1C1NC(=O)NC(C)=C1C(=O)OCC. The number of ether oxygens (including phenoxy) is 2. The Bertz CT molecular complexity index is 678. The van der Waals surface area contributed by atoms with Crippen LogP contribution in [0.1, 0.15) is 130 Å². The van der Waals surface area contributed by atoms with Crippen molar-refractivity contribution in [3.8, 4) is 0 Å². The van der Waals surface area contributed by atoms with E-state index in [9.17, 15) is 9.59 Å². The third-order valence-corrected chi connectivity index (χ3v) is 8.20. The Balaban J connectivity index is 1.81. The molecular weight excluding hydrogens is 452 g/mol. The second-order valence-corrected chi connectivity index (χ2v) is 10.9. The molecule has 2 N–H and O–H groups in total. The van der Waals surface area contributed by atoms with Crippen LogP contribution in [0.2, 0.25) is 0 Å². The number of rotatable bonds is 18. The van der Waals surface area contributed by atoms with E-state index < -0.39 is 0 Å². The lowest BCUT2D eigenvalue weighted by Crippen LogP contribution is -2.57. The van der Waals surface area contributed by atoms with Crippen molar-refractivity contribution in [2.45, 2.75) is 142 Å². The van der Waals surface area contributed by atoms with E-state index in [2.05, 4.69) is 17.6 Å². The van der Waals surface area contributed by atoms with Crippen LogP contribution in [0.5, 0.6) is 0 Å². The molecule has 0 bridgehead atoms. The molecule has 1 aliphatic carbocycles. The molecule has 6 nitrogen and oxygen atoms in total. The predicted octanol–water partition coefficient (Wildman–Crippen LogP) is 7.42. The normalized spacial score (nSPS) is 24.4. The van der Waals surface area contributed by atoms with Gasteiger partial charge in [-0.25, -0.2) is 9.59 Å². The fourth-order valence-electron chi connectivity index (χ4n) is 6.29. The standard InChI is InChI=1S/C30H54N2O4/c1-5-7-8-9-10-11-12-13-14-15-16-17-18-20-24-21-19-22-25(35-4)27(24)28-26(29(33)36-6-2)23(3)31-30(34)32-28/h24-25,27-28H,5-22H2,1-4H3,(H2,31,32,34). The van der Waals surface area contributed by atoms with Crippen LogP contribution >= 0.6 is 0 Å². The van der Waals surface area contributed by atoms with Crippen molar-refractivity contribution in [1.82, 2.24) is 10.6 Å². The van der Waals surface area contributed by atoms with E-state index in [1.807, 2.05) is 6.92 Å². The maximum Gasteiger partial charge on any atom is 0.337 e. The molecule has 1 aliphatic heterocycles. The van der Waals surface area contributed by atoms with Gasteiger partial charge in [-0.2, -0.15) is 0 Å². The molecule has 0 saturated heterocycles. The molecule has 0 aromatic carbocycles. The van der Waals surface area contributed by atoms with Gasteiger partial charge < -0.3 is 20.1 Å². The van der Waals surface area contributed by atoms with Crippen molar-refractivity contribution in [2.75, 3.05) is 13.7 Å². The molecule has 2 rings (SSSR count). The number of esters is 1. The van der Waals surface area contributed by atoms with Gasteiger partial charge in [0, 0.05) is 18.7 Å². The van der Waals surface area contributed by atoms with Crippen molar-refractivity contribution in [3.05, 3.63) is 11.3 Å². The van der Waals surface area contributed by atoms with E-state index in [1.165, 1.54) is 83.5 Å². The van der Waals surface area contributed by atoms with Crippen LogP contribution in [0.15, 0.2) is 11.3 Å². The first-order valence-corrected chi connectivity index (χ1v) is 15.0. The summed E-state index contributed by atoms with van der Waals surface area (Å²) in [5.41, 5.74) is 1.16. The molecule has 0 aromatic heterocycles. The lowest BCUT2D eigenvalue weighted by Gasteiger charge is -2.44. The maximum atomic E-state index is 12.8. The zero-order valence-electron chi connectivity index (χ0n) is 23.7. The molecule has 1 fully saturated rings. The molecular formula is C30H54N2O4. The van der Waals surface area contributed by atoms with Gasteiger partial charge in [0.05, 0.1) is 24.3 Å². The zero-order valence-corrected chi connectivity index (χ0v) is 23.7. The molecule has 2 aliphatic rings. The van der Waals surface area contributed by atoms with Gasteiger partial charge in [0.2, 0.25) is 0 Å². The van der Waals surface area contributed by atoms with Crippen LogP contribution in [0.4, 0.5) is 4.79 Å². The minimum Gasteiger partial charge on any atom is -0.463 e. The van der Waals surface area contributed by atoms with Crippen LogP contribution in [0, 0.1) is 11.8 Å². The molecule has 1 saturated carbocycles. The smallest absolute Gasteiger partial charge is 0.337 e. The minimum absolute atomic E-state index is 0.0337. The molecule has 0 radical (unpaired) electrons. The largest absolute Gasteiger partial charge is 0.463 e. The fourth-order valence-corrected chi connectivity index (χ4v) is 6.29. The third-order valence-electron chi connectivity index (χ3n) is 8.20. The first kappa shape index (κ1) is 30.7. The summed E-state index contributed by atoms with van der Waals surface area (Å²) in [4.78, 5) is 25.2. The van der Waals surface area contributed by atoms with Gasteiger partial charge in [0.15, 0.2) is 0 Å². The van der Waals surface area contributed by atoms with Crippen LogP contribution in [0.25, 0.3) is 0 Å². The molecule has 36 heavy (non-hydrogen) atoms. The van der Waals surface area contributed by atoms with Crippen molar-refractivity contribution in [2.24, 2.45) is 11.8 Å². The minimum atomic E-state index is -0.366. The lowest BCUT2D eigenvalue weighted by atomic mass is 9.69. The number of amides is 2. The molecule has 0 aromatic rings. The average Bonchev–Trinajstić information content (AvgIpc) is 2.86. The van der Waals surface area contributed by atoms with E-state index in [0.717, 1.165) is 25.7 Å². The highest BCUT2D eigenvalue weighted by Gasteiger charge is 2.44. The number of allylic oxidation sites excluding steroid dienone is 1. The van der Waals surface area contributed by atoms with Gasteiger partial charge in [-0.05, 0) is 39.0 Å². The Morgan fingerprint density at radius 3 is 2.03 bits per heavy atom. The molecule has 0 spiro atoms. The number of methoxy groups -OCH3 is 1. The third kappa shape index (κ3) is 10.1. The topological polar surface area (TPSA) is 76.7 Å². The molecule has 2 amide bonds. The number of unbranched alkanes of at least 4 members (excludes halogenated alkanes) is 12. The van der Waals surface area contributed by atoms with E-state index in [-0.39, 0.29) is 30.1 Å². The van der Waals surface area contributed by atoms with Gasteiger partial charge >= 0.3 is 12.0 Å². The number of urea groups is 1. The molecule has 4 atom stereocenters. The van der Waals surface area contributed by atoms with E-state index in [4.69, 9.17) is 9.47 Å². The monoisotopic (exact) mass is 506 g/mol. The van der Waals surface area contributed by atoms with Crippen LogP contribution in [-0.4, -0.2) is 37.9 Å². The molecule has 4 unspecified atom stereocenters. The summed E-state index contributed by atoms with van der Waals surface area (Å²) in [5, 5.41) is 5.83. The Kier molecular flexibility index (Phi) is 15.2. The van der Waals surface area contributed by atoms with Gasteiger partial charge in [-0.3, -0.25) is 0 Å². The second kappa shape index (κ2) is 17.8. The first-order valence-electron chi connectivity index (χ1n) is 15.0. The lowest BCUT2D eigenvalue weighted by molar-refractivity contribution is -0.139. The quantitative estimate of drug-likeness (QED) is 0.150. The summed E-state index contributed by atoms with van der Waals surface area (Å²) in [6, 6.07) is -0.610. The van der Waals surface area contributed by atoms with Crippen molar-refractivity contribution >= 4 is 12.0 Å². The van der Waals surface area contributed by atoms with Crippen LogP contribution < -0.4 is 10.6 Å². The summed E-state index contributed by atoms with van der Waals surface area (Å²) in [5.74, 6) is 0.172. The Labute approximate surface area is 220 Å². The summed E-state index contributed by atoms with van der Waals surface area (Å²) in [7, 11) is 1.76. The number of hydrogen-bond donors (Lipinski definition) is 2. The summed E-state index contributed by atoms with van der Waals surface area (Å²) >= 11 is 0. The van der Waals surface area contributed by atoms with Gasteiger partial charge in [-0.1, -0.05) is 96.8 Å². The Morgan fingerprint density at radius 1 is 0.889 bits per heavy atom. The van der Waals surface area contributed by atoms with Crippen molar-refractivity contribution in [1.29, 1.82) is 0 Å². The first-order chi connectivity index (χ1) is 17.5. The average molecular weight is 507 g/mol. The highest BCUT2D eigenvalue weighted by molar-refractivity contribution is 5.94. The Morgan fingerprint density at radius 2 is 1.47 bits per heavy atom. The van der Waals surface area contributed by atoms with E-state index in [1.54, 1.807) is 14.0 Å². The van der Waals surface area contributed by atoms with Gasteiger partial charge in [0.25, 0.3) is 0 Å². The van der Waals surface area contributed by atoms with Gasteiger partial charge in [0.1, 0.15) is 0 Å². The number of carbonyl (C=O) groups is 2. The number of hydrogen-bond acceptors (Lipinski definition) is 4. The summed E-state index contributed by atoms with van der Waals surface area (Å²) in [6.45, 7) is 6.20. The van der Waals surface area contributed by atoms with E-state index >= 15 is 0 Å². The fraction of sp³-hybridized carbons (Fsp3) is 0.867. The molecule has 208 valence electrons. The second-order valence-electron chi connectivity index (χ2n) is 10.9. The summed E-state index contributed by atoms with van der Waals surface area (Å²) < 4.78 is 11.3. The summed E-state index contributed by atoms with van der Waals surface area (Å²) in [6.07, 6.45) is 22.0. The zero-order chi connectivity index (χ0) is 26.2. The Hall–Kier alpha value is -1.56. The predicted molar refractivity (Wildman–Crippen MR) is 147 cm³/mol. The molecule has 1 heterocycles.